The van der Waals surface area contributed by atoms with Crippen molar-refractivity contribution in [2.75, 3.05) is 12.0 Å². The zero-order valence-corrected chi connectivity index (χ0v) is 17.4. The van der Waals surface area contributed by atoms with E-state index in [0.717, 1.165) is 16.7 Å². The van der Waals surface area contributed by atoms with Crippen LogP contribution in [-0.2, 0) is 4.74 Å². The van der Waals surface area contributed by atoms with Gasteiger partial charge in [-0.1, -0.05) is 54.6 Å². The Morgan fingerprint density at radius 2 is 1.73 bits per heavy atom. The van der Waals surface area contributed by atoms with Crippen LogP contribution < -0.4 is 5.43 Å². The summed E-state index contributed by atoms with van der Waals surface area (Å²) in [5.41, 5.74) is 6.86. The Labute approximate surface area is 188 Å². The lowest BCUT2D eigenvalue weighted by atomic mass is 10.0. The van der Waals surface area contributed by atoms with Gasteiger partial charge in [0, 0.05) is 0 Å². The van der Waals surface area contributed by atoms with Crippen LogP contribution in [0.5, 0.6) is 0 Å². The first-order chi connectivity index (χ1) is 16.2. The Bertz CT molecular complexity index is 1260. The van der Waals surface area contributed by atoms with Crippen molar-refractivity contribution in [2.45, 2.75) is 24.5 Å². The van der Waals surface area contributed by atoms with Gasteiger partial charge in [-0.25, -0.2) is 15.0 Å². The highest BCUT2D eigenvalue weighted by atomic mass is 16.6. The number of aliphatic hydroxyl groups is 3. The number of rotatable bonds is 6. The Hall–Kier alpha value is -3.70. The van der Waals surface area contributed by atoms with Crippen molar-refractivity contribution < 1.29 is 20.1 Å². The zero-order valence-electron chi connectivity index (χ0n) is 17.4. The monoisotopic (exact) mass is 446 g/mol. The van der Waals surface area contributed by atoms with E-state index in [0.29, 0.717) is 17.0 Å². The number of hydrazone groups is 1. The van der Waals surface area contributed by atoms with Crippen molar-refractivity contribution in [3.8, 4) is 11.1 Å². The van der Waals surface area contributed by atoms with Crippen LogP contribution in [0.1, 0.15) is 11.8 Å². The highest BCUT2D eigenvalue weighted by Gasteiger charge is 2.44. The summed E-state index contributed by atoms with van der Waals surface area (Å²) < 4.78 is 7.07. The minimum Gasteiger partial charge on any atom is -0.394 e. The van der Waals surface area contributed by atoms with Crippen molar-refractivity contribution in [3.63, 3.8) is 0 Å². The van der Waals surface area contributed by atoms with Crippen molar-refractivity contribution in [2.24, 2.45) is 5.10 Å². The molecule has 0 amide bonds. The number of benzene rings is 2. The number of hydrogen-bond donors (Lipinski definition) is 4. The van der Waals surface area contributed by atoms with Gasteiger partial charge in [0.2, 0.25) is 0 Å². The molecule has 0 spiro atoms. The molecular formula is C23H22N6O4. The largest absolute Gasteiger partial charge is 0.394 e. The van der Waals surface area contributed by atoms with E-state index in [1.807, 2.05) is 42.5 Å². The smallest absolute Gasteiger partial charge is 0.177 e. The molecule has 2 aromatic carbocycles. The SMILES string of the molecule is OC[C@H]1O[C@@H](n2cnc3c(N/N=C/c4ccc(-c5ccccc5)cc4)ncnc32)C(O)C1O. The Morgan fingerprint density at radius 3 is 2.45 bits per heavy atom. The van der Waals surface area contributed by atoms with Crippen molar-refractivity contribution in [1.29, 1.82) is 0 Å². The minimum atomic E-state index is -1.23. The summed E-state index contributed by atoms with van der Waals surface area (Å²) in [4.78, 5) is 12.7. The third kappa shape index (κ3) is 4.08. The standard InChI is InChI=1S/C23H22N6O4/c30-11-17-19(31)20(32)23(33-17)29-13-26-18-21(24-12-25-22(18)29)28-27-10-14-6-8-16(9-7-14)15-4-2-1-3-5-15/h1-10,12-13,17,19-20,23,30-32H,11H2,(H,24,25,28)/b27-10+/t17-,19?,20?,23-/m1/s1. The van der Waals surface area contributed by atoms with Crippen LogP contribution >= 0.6 is 0 Å². The average molecular weight is 446 g/mol. The second kappa shape index (κ2) is 9.04. The van der Waals surface area contributed by atoms with Gasteiger partial charge >= 0.3 is 0 Å². The van der Waals surface area contributed by atoms with E-state index in [9.17, 15) is 15.3 Å². The first kappa shape index (κ1) is 21.2. The Morgan fingerprint density at radius 1 is 0.970 bits per heavy atom. The van der Waals surface area contributed by atoms with E-state index >= 15 is 0 Å². The lowest BCUT2D eigenvalue weighted by Crippen LogP contribution is -2.33. The molecule has 0 radical (unpaired) electrons. The van der Waals surface area contributed by atoms with E-state index < -0.39 is 31.1 Å². The number of imidazole rings is 1. The van der Waals surface area contributed by atoms with Crippen molar-refractivity contribution in [1.82, 2.24) is 19.5 Å². The molecule has 1 aliphatic heterocycles. The third-order valence-electron chi connectivity index (χ3n) is 5.55. The number of aliphatic hydroxyl groups excluding tert-OH is 3. The second-order valence-corrected chi connectivity index (χ2v) is 7.63. The van der Waals surface area contributed by atoms with Gasteiger partial charge in [0.05, 0.1) is 19.1 Å². The molecule has 1 fully saturated rings. The lowest BCUT2D eigenvalue weighted by Gasteiger charge is -2.16. The topological polar surface area (TPSA) is 138 Å². The number of fused-ring (bicyclic) bond motifs is 1. The molecule has 168 valence electrons. The number of aromatic nitrogens is 4. The molecule has 5 rings (SSSR count). The fraction of sp³-hybridized carbons (Fsp3) is 0.217. The predicted molar refractivity (Wildman–Crippen MR) is 121 cm³/mol. The van der Waals surface area contributed by atoms with E-state index in [1.165, 1.54) is 17.2 Å². The fourth-order valence-corrected chi connectivity index (χ4v) is 3.79. The van der Waals surface area contributed by atoms with Crippen LogP contribution in [0.4, 0.5) is 5.82 Å². The summed E-state index contributed by atoms with van der Waals surface area (Å²) in [6.45, 7) is -0.413. The molecule has 3 heterocycles. The lowest BCUT2D eigenvalue weighted by molar-refractivity contribution is -0.0511. The van der Waals surface area contributed by atoms with Gasteiger partial charge in [-0.2, -0.15) is 5.10 Å². The summed E-state index contributed by atoms with van der Waals surface area (Å²) in [6.07, 6.45) is 0.186. The van der Waals surface area contributed by atoms with E-state index in [2.05, 4.69) is 37.6 Å². The average Bonchev–Trinajstić information content (AvgIpc) is 3.41. The van der Waals surface area contributed by atoms with Crippen molar-refractivity contribution in [3.05, 3.63) is 72.8 Å². The molecule has 33 heavy (non-hydrogen) atoms. The maximum Gasteiger partial charge on any atom is 0.177 e. The number of nitrogens with one attached hydrogen (secondary N) is 1. The van der Waals surface area contributed by atoms with Gasteiger partial charge in [-0.05, 0) is 16.7 Å². The first-order valence-corrected chi connectivity index (χ1v) is 10.4. The highest BCUT2D eigenvalue weighted by molar-refractivity contribution is 5.85. The summed E-state index contributed by atoms with van der Waals surface area (Å²) in [5, 5.41) is 33.9. The summed E-state index contributed by atoms with van der Waals surface area (Å²) in [6, 6.07) is 18.1. The number of anilines is 1. The number of hydrogen-bond acceptors (Lipinski definition) is 9. The maximum atomic E-state index is 10.3. The first-order valence-electron chi connectivity index (χ1n) is 10.4. The number of ether oxygens (including phenoxy) is 1. The van der Waals surface area contributed by atoms with Gasteiger partial charge in [-0.15, -0.1) is 0 Å². The molecule has 0 saturated carbocycles. The molecule has 0 bridgehead atoms. The molecule has 10 heteroatoms. The van der Waals surface area contributed by atoms with Crippen LogP contribution in [0, 0.1) is 0 Å². The van der Waals surface area contributed by atoms with Crippen LogP contribution in [0.25, 0.3) is 22.3 Å². The molecule has 4 N–H and O–H groups in total. The normalized spacial score (nSPS) is 22.9. The minimum absolute atomic E-state index is 0.377. The number of nitrogens with zero attached hydrogens (tertiary/aromatic N) is 5. The fourth-order valence-electron chi connectivity index (χ4n) is 3.79. The summed E-state index contributed by atoms with van der Waals surface area (Å²) in [5.74, 6) is 0.377. The molecule has 10 nitrogen and oxygen atoms in total. The zero-order chi connectivity index (χ0) is 22.8. The summed E-state index contributed by atoms with van der Waals surface area (Å²) in [7, 11) is 0. The van der Waals surface area contributed by atoms with Crippen LogP contribution in [0.2, 0.25) is 0 Å². The van der Waals surface area contributed by atoms with Gasteiger partial charge in [0.15, 0.2) is 23.2 Å². The van der Waals surface area contributed by atoms with Crippen LogP contribution in [-0.4, -0.2) is 66.0 Å². The quantitative estimate of drug-likeness (QED) is 0.259. The molecule has 1 saturated heterocycles. The molecule has 2 aromatic heterocycles. The van der Waals surface area contributed by atoms with E-state index in [-0.39, 0.29) is 0 Å². The van der Waals surface area contributed by atoms with Gasteiger partial charge in [-0.3, -0.25) is 9.99 Å². The summed E-state index contributed by atoms with van der Waals surface area (Å²) >= 11 is 0. The molecular weight excluding hydrogens is 424 g/mol. The van der Waals surface area contributed by atoms with Gasteiger partial charge < -0.3 is 20.1 Å². The molecule has 2 unspecified atom stereocenters. The van der Waals surface area contributed by atoms with Crippen LogP contribution in [0.15, 0.2) is 72.4 Å². The highest BCUT2D eigenvalue weighted by Crippen LogP contribution is 2.32. The van der Waals surface area contributed by atoms with E-state index in [4.69, 9.17) is 4.74 Å². The Balaban J connectivity index is 1.32. The molecule has 1 aliphatic rings. The molecule has 0 aliphatic carbocycles. The second-order valence-electron chi connectivity index (χ2n) is 7.63. The maximum absolute atomic E-state index is 10.3. The predicted octanol–water partition coefficient (Wildman–Crippen LogP) is 1.55. The van der Waals surface area contributed by atoms with Gasteiger partial charge in [0.1, 0.15) is 24.6 Å². The van der Waals surface area contributed by atoms with E-state index in [1.54, 1.807) is 6.21 Å². The van der Waals surface area contributed by atoms with Gasteiger partial charge in [0.25, 0.3) is 0 Å². The molecule has 4 atom stereocenters. The molecule has 4 aromatic rings. The Kier molecular flexibility index (Phi) is 5.80. The van der Waals surface area contributed by atoms with Crippen molar-refractivity contribution >= 4 is 23.2 Å². The third-order valence-corrected chi connectivity index (χ3v) is 5.55. The van der Waals surface area contributed by atoms with Crippen LogP contribution in [0.3, 0.4) is 0 Å².